The van der Waals surface area contributed by atoms with E-state index in [0.29, 0.717) is 12.6 Å². The molecule has 1 heterocycles. The van der Waals surface area contributed by atoms with E-state index < -0.39 is 0 Å². The van der Waals surface area contributed by atoms with Gasteiger partial charge in [0, 0.05) is 31.3 Å². The van der Waals surface area contributed by atoms with Crippen LogP contribution in [0.2, 0.25) is 5.02 Å². The highest BCUT2D eigenvalue weighted by molar-refractivity contribution is 6.31. The Balaban J connectivity index is 1.73. The molecule has 1 saturated carbocycles. The van der Waals surface area contributed by atoms with Gasteiger partial charge in [0.05, 0.1) is 24.9 Å². The van der Waals surface area contributed by atoms with E-state index in [1.54, 1.807) is 0 Å². The van der Waals surface area contributed by atoms with Crippen molar-refractivity contribution >= 4 is 11.6 Å². The number of halogens is 1. The molecule has 1 N–H and O–H groups in total. The molecule has 2 fully saturated rings. The van der Waals surface area contributed by atoms with Crippen LogP contribution in [0.25, 0.3) is 0 Å². The summed E-state index contributed by atoms with van der Waals surface area (Å²) < 4.78 is 11.8. The van der Waals surface area contributed by atoms with Crippen molar-refractivity contribution in [3.63, 3.8) is 0 Å². The minimum Gasteiger partial charge on any atom is -0.394 e. The van der Waals surface area contributed by atoms with Crippen molar-refractivity contribution in [2.24, 2.45) is 0 Å². The van der Waals surface area contributed by atoms with E-state index in [-0.39, 0.29) is 18.3 Å². The molecule has 0 amide bonds. The predicted molar refractivity (Wildman–Crippen MR) is 90.7 cm³/mol. The average Bonchev–Trinajstić information content (AvgIpc) is 2.94. The van der Waals surface area contributed by atoms with Crippen molar-refractivity contribution in [2.45, 2.75) is 50.0 Å². The highest BCUT2D eigenvalue weighted by Gasteiger charge is 2.51. The molecule has 4 nitrogen and oxygen atoms in total. The quantitative estimate of drug-likeness (QED) is 0.865. The average molecular weight is 340 g/mol. The van der Waals surface area contributed by atoms with Crippen molar-refractivity contribution in [1.82, 2.24) is 4.90 Å². The molecular weight excluding hydrogens is 314 g/mol. The zero-order chi connectivity index (χ0) is 16.3. The highest BCUT2D eigenvalue weighted by Crippen LogP contribution is 2.43. The molecule has 3 rings (SSSR count). The van der Waals surface area contributed by atoms with Gasteiger partial charge >= 0.3 is 0 Å². The van der Waals surface area contributed by atoms with Gasteiger partial charge in [0.1, 0.15) is 0 Å². The second kappa shape index (κ2) is 7.49. The van der Waals surface area contributed by atoms with Gasteiger partial charge in [-0.25, -0.2) is 0 Å². The van der Waals surface area contributed by atoms with Crippen molar-refractivity contribution in [3.05, 3.63) is 34.9 Å². The standard InChI is InChI=1S/C18H26ClNO3/c1-22-18-7-6-15(23-11-10-21)12-17(18)20(9-8-18)13-14-4-2-3-5-16(14)19/h2-5,15,17,21H,6-13H2,1H3/t15-,17+,18-/m1/s1. The van der Waals surface area contributed by atoms with Gasteiger partial charge in [-0.15, -0.1) is 0 Å². The van der Waals surface area contributed by atoms with E-state index in [1.165, 1.54) is 5.56 Å². The molecule has 0 spiro atoms. The number of ether oxygens (including phenoxy) is 2. The van der Waals surface area contributed by atoms with Gasteiger partial charge < -0.3 is 14.6 Å². The second-order valence-corrected chi connectivity index (χ2v) is 6.99. The molecule has 128 valence electrons. The number of hydrogen-bond donors (Lipinski definition) is 1. The Bertz CT molecular complexity index is 527. The van der Waals surface area contributed by atoms with Crippen molar-refractivity contribution in [3.8, 4) is 0 Å². The Morgan fingerprint density at radius 3 is 2.91 bits per heavy atom. The first-order valence-corrected chi connectivity index (χ1v) is 8.81. The van der Waals surface area contributed by atoms with Crippen LogP contribution >= 0.6 is 11.6 Å². The summed E-state index contributed by atoms with van der Waals surface area (Å²) in [6, 6.07) is 8.40. The van der Waals surface area contributed by atoms with E-state index in [1.807, 2.05) is 25.3 Å². The molecule has 1 saturated heterocycles. The summed E-state index contributed by atoms with van der Waals surface area (Å²) >= 11 is 6.33. The third kappa shape index (κ3) is 3.57. The molecule has 23 heavy (non-hydrogen) atoms. The van der Waals surface area contributed by atoms with Crippen molar-refractivity contribution in [2.75, 3.05) is 26.9 Å². The van der Waals surface area contributed by atoms with Crippen LogP contribution in [0, 0.1) is 0 Å². The molecule has 1 aliphatic heterocycles. The fraction of sp³-hybridized carbons (Fsp3) is 0.667. The van der Waals surface area contributed by atoms with Crippen LogP contribution < -0.4 is 0 Å². The summed E-state index contributed by atoms with van der Waals surface area (Å²) in [4.78, 5) is 2.49. The zero-order valence-corrected chi connectivity index (χ0v) is 14.5. The van der Waals surface area contributed by atoms with Crippen LogP contribution in [-0.2, 0) is 16.0 Å². The van der Waals surface area contributed by atoms with Crippen molar-refractivity contribution in [1.29, 1.82) is 0 Å². The van der Waals surface area contributed by atoms with Crippen LogP contribution in [0.4, 0.5) is 0 Å². The smallest absolute Gasteiger partial charge is 0.0847 e. The summed E-state index contributed by atoms with van der Waals surface area (Å²) in [5.74, 6) is 0. The minimum atomic E-state index is -0.0552. The number of aliphatic hydroxyl groups is 1. The zero-order valence-electron chi connectivity index (χ0n) is 13.7. The number of benzene rings is 1. The van der Waals surface area contributed by atoms with Crippen LogP contribution in [0.5, 0.6) is 0 Å². The molecule has 3 atom stereocenters. The van der Waals surface area contributed by atoms with E-state index in [0.717, 1.165) is 43.8 Å². The molecule has 2 aliphatic rings. The lowest BCUT2D eigenvalue weighted by molar-refractivity contribution is -0.104. The van der Waals surface area contributed by atoms with Gasteiger partial charge in [-0.05, 0) is 37.3 Å². The van der Waals surface area contributed by atoms with Gasteiger partial charge in [-0.2, -0.15) is 0 Å². The SMILES string of the molecule is CO[C@@]12CC[C@@H](OCCO)C[C@@H]1N(Cc1ccccc1Cl)CC2. The lowest BCUT2D eigenvalue weighted by Crippen LogP contribution is -2.51. The Labute approximate surface area is 143 Å². The molecule has 5 heteroatoms. The molecule has 1 aromatic carbocycles. The Morgan fingerprint density at radius 1 is 1.35 bits per heavy atom. The normalized spacial score (nSPS) is 31.3. The first-order valence-electron chi connectivity index (χ1n) is 8.43. The van der Waals surface area contributed by atoms with Crippen LogP contribution in [0.1, 0.15) is 31.2 Å². The molecule has 0 aromatic heterocycles. The fourth-order valence-electron chi connectivity index (χ4n) is 4.16. The maximum atomic E-state index is 8.98. The summed E-state index contributed by atoms with van der Waals surface area (Å²) in [7, 11) is 1.83. The van der Waals surface area contributed by atoms with E-state index >= 15 is 0 Å². The fourth-order valence-corrected chi connectivity index (χ4v) is 4.36. The first kappa shape index (κ1) is 17.2. The van der Waals surface area contributed by atoms with Gasteiger partial charge in [0.2, 0.25) is 0 Å². The number of methoxy groups -OCH3 is 1. The maximum Gasteiger partial charge on any atom is 0.0847 e. The number of nitrogens with zero attached hydrogens (tertiary/aromatic N) is 1. The third-order valence-electron chi connectivity index (χ3n) is 5.43. The lowest BCUT2D eigenvalue weighted by Gasteiger charge is -2.43. The van der Waals surface area contributed by atoms with Gasteiger partial charge in [-0.1, -0.05) is 29.8 Å². The van der Waals surface area contributed by atoms with Gasteiger partial charge in [0.25, 0.3) is 0 Å². The minimum absolute atomic E-state index is 0.0552. The molecule has 0 radical (unpaired) electrons. The Morgan fingerprint density at radius 2 is 2.17 bits per heavy atom. The number of rotatable bonds is 6. The highest BCUT2D eigenvalue weighted by atomic mass is 35.5. The van der Waals surface area contributed by atoms with Crippen LogP contribution in [0.15, 0.2) is 24.3 Å². The molecule has 0 bridgehead atoms. The molecule has 0 unspecified atom stereocenters. The molecule has 1 aromatic rings. The largest absolute Gasteiger partial charge is 0.394 e. The number of aliphatic hydroxyl groups excluding tert-OH is 1. The maximum absolute atomic E-state index is 8.98. The summed E-state index contributed by atoms with van der Waals surface area (Å²) in [5, 5.41) is 9.81. The Kier molecular flexibility index (Phi) is 5.60. The molecule has 1 aliphatic carbocycles. The topological polar surface area (TPSA) is 41.9 Å². The van der Waals surface area contributed by atoms with E-state index in [9.17, 15) is 0 Å². The van der Waals surface area contributed by atoms with Crippen LogP contribution in [-0.4, -0.2) is 54.6 Å². The van der Waals surface area contributed by atoms with Gasteiger partial charge in [0.15, 0.2) is 0 Å². The number of hydrogen-bond acceptors (Lipinski definition) is 4. The summed E-state index contributed by atoms with van der Waals surface area (Å²) in [6.07, 6.45) is 4.25. The predicted octanol–water partition coefficient (Wildman–Crippen LogP) is 2.86. The van der Waals surface area contributed by atoms with Crippen molar-refractivity contribution < 1.29 is 14.6 Å². The van der Waals surface area contributed by atoms with Crippen LogP contribution in [0.3, 0.4) is 0 Å². The monoisotopic (exact) mass is 339 g/mol. The summed E-state index contributed by atoms with van der Waals surface area (Å²) in [5.41, 5.74) is 1.11. The summed E-state index contributed by atoms with van der Waals surface area (Å²) in [6.45, 7) is 2.38. The van der Waals surface area contributed by atoms with E-state index in [2.05, 4.69) is 11.0 Å². The third-order valence-corrected chi connectivity index (χ3v) is 5.80. The van der Waals surface area contributed by atoms with Gasteiger partial charge in [-0.3, -0.25) is 4.90 Å². The first-order chi connectivity index (χ1) is 11.2. The van der Waals surface area contributed by atoms with E-state index in [4.69, 9.17) is 26.2 Å². The number of likely N-dealkylation sites (tertiary alicyclic amines) is 1. The lowest BCUT2D eigenvalue weighted by atomic mass is 9.79. The Hall–Kier alpha value is -0.650. The number of fused-ring (bicyclic) bond motifs is 1. The molecular formula is C18H26ClNO3. The second-order valence-electron chi connectivity index (χ2n) is 6.59.